The molecule has 1 amide bonds. The minimum absolute atomic E-state index is 0.103. The highest BCUT2D eigenvalue weighted by molar-refractivity contribution is 5.81. The number of amides is 1. The van der Waals surface area contributed by atoms with Crippen molar-refractivity contribution in [1.29, 1.82) is 0 Å². The van der Waals surface area contributed by atoms with Crippen LogP contribution in [0.3, 0.4) is 0 Å². The van der Waals surface area contributed by atoms with Crippen LogP contribution in [0.4, 0.5) is 5.82 Å². The molecule has 1 N–H and O–H groups in total. The molecule has 2 aliphatic rings. The second-order valence-corrected chi connectivity index (χ2v) is 6.94. The molecule has 1 fully saturated rings. The molecule has 142 valence electrons. The van der Waals surface area contributed by atoms with E-state index in [9.17, 15) is 4.79 Å². The Kier molecular flexibility index (Phi) is 5.09. The van der Waals surface area contributed by atoms with E-state index in [-0.39, 0.29) is 18.1 Å². The Morgan fingerprint density at radius 2 is 2.04 bits per heavy atom. The van der Waals surface area contributed by atoms with Crippen LogP contribution in [0.1, 0.15) is 24.8 Å². The SMILES string of the molecule is COc1cc(NC2CCN(C(=O)C3CCc4ccccc4O3)CC2)ncn1. The van der Waals surface area contributed by atoms with E-state index in [1.165, 1.54) is 11.9 Å². The number of fused-ring (bicyclic) bond motifs is 1. The number of hydrogen-bond donors (Lipinski definition) is 1. The van der Waals surface area contributed by atoms with Crippen LogP contribution in [-0.4, -0.2) is 53.1 Å². The van der Waals surface area contributed by atoms with Crippen LogP contribution in [0.25, 0.3) is 0 Å². The van der Waals surface area contributed by atoms with Gasteiger partial charge in [0.05, 0.1) is 7.11 Å². The molecule has 1 unspecified atom stereocenters. The Hall–Kier alpha value is -2.83. The normalized spacial score (nSPS) is 19.7. The Morgan fingerprint density at radius 1 is 1.22 bits per heavy atom. The van der Waals surface area contributed by atoms with Crippen LogP contribution in [0.15, 0.2) is 36.7 Å². The summed E-state index contributed by atoms with van der Waals surface area (Å²) in [6.07, 6.45) is 4.51. The molecule has 7 heteroatoms. The van der Waals surface area contributed by atoms with Gasteiger partial charge in [0.25, 0.3) is 5.91 Å². The van der Waals surface area contributed by atoms with Crippen molar-refractivity contribution in [3.05, 3.63) is 42.2 Å². The largest absolute Gasteiger partial charge is 0.481 e. The van der Waals surface area contributed by atoms with E-state index in [1.807, 2.05) is 23.1 Å². The smallest absolute Gasteiger partial charge is 0.263 e. The lowest BCUT2D eigenvalue weighted by Gasteiger charge is -2.35. The molecule has 0 radical (unpaired) electrons. The van der Waals surface area contributed by atoms with Gasteiger partial charge in [-0.2, -0.15) is 0 Å². The average Bonchev–Trinajstić information content (AvgIpc) is 2.73. The van der Waals surface area contributed by atoms with Gasteiger partial charge in [-0.25, -0.2) is 9.97 Å². The van der Waals surface area contributed by atoms with E-state index in [0.717, 1.165) is 50.3 Å². The van der Waals surface area contributed by atoms with Crippen LogP contribution in [-0.2, 0) is 11.2 Å². The van der Waals surface area contributed by atoms with E-state index in [1.54, 1.807) is 13.2 Å². The first kappa shape index (κ1) is 17.6. The third-order valence-corrected chi connectivity index (χ3v) is 5.20. The number of likely N-dealkylation sites (tertiary alicyclic amines) is 1. The van der Waals surface area contributed by atoms with E-state index in [0.29, 0.717) is 5.88 Å². The topological polar surface area (TPSA) is 76.6 Å². The van der Waals surface area contributed by atoms with Crippen LogP contribution < -0.4 is 14.8 Å². The number of anilines is 1. The van der Waals surface area contributed by atoms with Gasteiger partial charge < -0.3 is 19.7 Å². The van der Waals surface area contributed by atoms with Crippen molar-refractivity contribution < 1.29 is 14.3 Å². The number of carbonyl (C=O) groups excluding carboxylic acids is 1. The molecule has 7 nitrogen and oxygen atoms in total. The van der Waals surface area contributed by atoms with E-state index >= 15 is 0 Å². The highest BCUT2D eigenvalue weighted by Crippen LogP contribution is 2.28. The summed E-state index contributed by atoms with van der Waals surface area (Å²) >= 11 is 0. The molecule has 0 saturated carbocycles. The Labute approximate surface area is 158 Å². The summed E-state index contributed by atoms with van der Waals surface area (Å²) < 4.78 is 11.1. The van der Waals surface area contributed by atoms with Crippen LogP contribution in [0.2, 0.25) is 0 Å². The van der Waals surface area contributed by atoms with Gasteiger partial charge in [0.1, 0.15) is 17.9 Å². The van der Waals surface area contributed by atoms with Crippen molar-refractivity contribution in [3.63, 3.8) is 0 Å². The minimum Gasteiger partial charge on any atom is -0.481 e. The first-order valence-corrected chi connectivity index (χ1v) is 9.39. The summed E-state index contributed by atoms with van der Waals surface area (Å²) in [7, 11) is 1.59. The number of rotatable bonds is 4. The van der Waals surface area contributed by atoms with E-state index in [2.05, 4.69) is 21.4 Å². The zero-order chi connectivity index (χ0) is 18.6. The Balaban J connectivity index is 1.31. The number of methoxy groups -OCH3 is 1. The molecule has 1 aromatic heterocycles. The van der Waals surface area contributed by atoms with Gasteiger partial charge in [-0.15, -0.1) is 0 Å². The molecule has 1 saturated heterocycles. The molecule has 0 bridgehead atoms. The van der Waals surface area contributed by atoms with E-state index < -0.39 is 0 Å². The van der Waals surface area contributed by atoms with Crippen molar-refractivity contribution in [3.8, 4) is 11.6 Å². The first-order valence-electron chi connectivity index (χ1n) is 9.39. The molecule has 3 heterocycles. The number of aromatic nitrogens is 2. The van der Waals surface area contributed by atoms with Crippen LogP contribution in [0, 0.1) is 0 Å². The number of carbonyl (C=O) groups is 1. The van der Waals surface area contributed by atoms with Gasteiger partial charge in [-0.05, 0) is 37.3 Å². The maximum Gasteiger partial charge on any atom is 0.263 e. The molecule has 2 aliphatic heterocycles. The number of aryl methyl sites for hydroxylation is 1. The van der Waals surface area contributed by atoms with Crippen LogP contribution >= 0.6 is 0 Å². The summed E-state index contributed by atoms with van der Waals surface area (Å²) in [5.41, 5.74) is 1.18. The third-order valence-electron chi connectivity index (χ3n) is 5.20. The van der Waals surface area contributed by atoms with Crippen molar-refractivity contribution in [2.75, 3.05) is 25.5 Å². The zero-order valence-electron chi connectivity index (χ0n) is 15.4. The fourth-order valence-corrected chi connectivity index (χ4v) is 3.69. The van der Waals surface area contributed by atoms with Crippen molar-refractivity contribution >= 4 is 11.7 Å². The molecule has 2 aromatic rings. The summed E-state index contributed by atoms with van der Waals surface area (Å²) in [6.45, 7) is 1.44. The lowest BCUT2D eigenvalue weighted by atomic mass is 10.00. The summed E-state index contributed by atoms with van der Waals surface area (Å²) in [4.78, 5) is 23.0. The number of piperidine rings is 1. The van der Waals surface area contributed by atoms with Crippen molar-refractivity contribution in [2.45, 2.75) is 37.8 Å². The summed E-state index contributed by atoms with van der Waals surface area (Å²) in [6, 6.07) is 10.0. The summed E-state index contributed by atoms with van der Waals surface area (Å²) in [5.74, 6) is 2.23. The second-order valence-electron chi connectivity index (χ2n) is 6.94. The standard InChI is InChI=1S/C20H24N4O3/c1-26-19-12-18(21-13-22-19)23-15-8-10-24(11-9-15)20(25)17-7-6-14-4-2-3-5-16(14)27-17/h2-5,12-13,15,17H,6-11H2,1H3,(H,21,22,23). The van der Waals surface area contributed by atoms with Crippen LogP contribution in [0.5, 0.6) is 11.6 Å². The van der Waals surface area contributed by atoms with Gasteiger partial charge in [0.2, 0.25) is 5.88 Å². The fourth-order valence-electron chi connectivity index (χ4n) is 3.69. The monoisotopic (exact) mass is 368 g/mol. The average molecular weight is 368 g/mol. The third kappa shape index (κ3) is 3.97. The molecule has 27 heavy (non-hydrogen) atoms. The van der Waals surface area contributed by atoms with Gasteiger partial charge in [-0.3, -0.25) is 4.79 Å². The number of ether oxygens (including phenoxy) is 2. The Bertz CT molecular complexity index is 805. The minimum atomic E-state index is -0.365. The Morgan fingerprint density at radius 3 is 2.85 bits per heavy atom. The zero-order valence-corrected chi connectivity index (χ0v) is 15.4. The first-order chi connectivity index (χ1) is 13.2. The molecular weight excluding hydrogens is 344 g/mol. The molecule has 0 spiro atoms. The summed E-state index contributed by atoms with van der Waals surface area (Å²) in [5, 5.41) is 3.41. The predicted molar refractivity (Wildman–Crippen MR) is 101 cm³/mol. The number of hydrogen-bond acceptors (Lipinski definition) is 6. The number of nitrogens with one attached hydrogen (secondary N) is 1. The predicted octanol–water partition coefficient (Wildman–Crippen LogP) is 2.28. The molecule has 0 aliphatic carbocycles. The van der Waals surface area contributed by atoms with Gasteiger partial charge in [0.15, 0.2) is 6.10 Å². The second kappa shape index (κ2) is 7.82. The highest BCUT2D eigenvalue weighted by atomic mass is 16.5. The maximum absolute atomic E-state index is 12.9. The van der Waals surface area contributed by atoms with E-state index in [4.69, 9.17) is 9.47 Å². The number of nitrogens with zero attached hydrogens (tertiary/aromatic N) is 3. The number of para-hydroxylation sites is 1. The van der Waals surface area contributed by atoms with Gasteiger partial charge in [-0.1, -0.05) is 18.2 Å². The molecule has 1 atom stereocenters. The van der Waals surface area contributed by atoms with Gasteiger partial charge >= 0.3 is 0 Å². The molecule has 4 rings (SSSR count). The van der Waals surface area contributed by atoms with Crippen molar-refractivity contribution in [2.24, 2.45) is 0 Å². The van der Waals surface area contributed by atoms with Crippen molar-refractivity contribution in [1.82, 2.24) is 14.9 Å². The molecule has 1 aromatic carbocycles. The fraction of sp³-hybridized carbons (Fsp3) is 0.450. The lowest BCUT2D eigenvalue weighted by molar-refractivity contribution is -0.140. The highest BCUT2D eigenvalue weighted by Gasteiger charge is 2.32. The quantitative estimate of drug-likeness (QED) is 0.892. The maximum atomic E-state index is 12.9. The number of benzene rings is 1. The molecular formula is C20H24N4O3. The van der Waals surface area contributed by atoms with Gasteiger partial charge in [0, 0.05) is 25.2 Å². The lowest BCUT2D eigenvalue weighted by Crippen LogP contribution is -2.48.